The molecule has 1 nitrogen and oxygen atoms in total. The fourth-order valence-electron chi connectivity index (χ4n) is 2.77. The summed E-state index contributed by atoms with van der Waals surface area (Å²) in [6.45, 7) is 0. The van der Waals surface area contributed by atoms with Crippen molar-refractivity contribution in [3.8, 4) is 5.75 Å². The standard InChI is InChI=1S/C21H22OSi/c1-4-10-18(11-5-1)16-17-21(19-12-6-2-7-13-19)23-22-20-14-8-3-9-15-20/h1-15,21H,16-17,23H2. The second-order valence-electron chi connectivity index (χ2n) is 5.76. The monoisotopic (exact) mass is 318 g/mol. The van der Waals surface area contributed by atoms with Crippen LogP contribution in [0, 0.1) is 0 Å². The van der Waals surface area contributed by atoms with Crippen molar-refractivity contribution in [1.29, 1.82) is 0 Å². The summed E-state index contributed by atoms with van der Waals surface area (Å²) < 4.78 is 6.15. The van der Waals surface area contributed by atoms with Crippen LogP contribution in [0.2, 0.25) is 0 Å². The summed E-state index contributed by atoms with van der Waals surface area (Å²) in [6.07, 6.45) is 2.25. The fraction of sp³-hybridized carbons (Fsp3) is 0.143. The molecule has 0 spiro atoms. The van der Waals surface area contributed by atoms with Crippen molar-refractivity contribution < 1.29 is 4.43 Å². The summed E-state index contributed by atoms with van der Waals surface area (Å²) in [5.74, 6) is 1.000. The molecule has 0 saturated heterocycles. The van der Waals surface area contributed by atoms with E-state index in [1.807, 2.05) is 30.3 Å². The van der Waals surface area contributed by atoms with Crippen LogP contribution in [0.5, 0.6) is 5.75 Å². The highest BCUT2D eigenvalue weighted by Crippen LogP contribution is 2.22. The van der Waals surface area contributed by atoms with Crippen molar-refractivity contribution in [2.75, 3.05) is 0 Å². The molecule has 3 rings (SSSR count). The van der Waals surface area contributed by atoms with Crippen LogP contribution in [-0.4, -0.2) is 9.76 Å². The molecule has 1 unspecified atom stereocenters. The first-order chi connectivity index (χ1) is 11.4. The van der Waals surface area contributed by atoms with Gasteiger partial charge in [0, 0.05) is 5.54 Å². The first-order valence-corrected chi connectivity index (χ1v) is 9.58. The molecule has 0 amide bonds. The fourth-order valence-corrected chi connectivity index (χ4v) is 4.19. The summed E-state index contributed by atoms with van der Waals surface area (Å²) in [5, 5.41) is 0. The Hall–Kier alpha value is -2.32. The Labute approximate surface area is 140 Å². The Morgan fingerprint density at radius 3 is 1.91 bits per heavy atom. The van der Waals surface area contributed by atoms with Gasteiger partial charge in [0.1, 0.15) is 5.75 Å². The maximum absolute atomic E-state index is 6.15. The lowest BCUT2D eigenvalue weighted by molar-refractivity contribution is 0.567. The Morgan fingerprint density at radius 1 is 0.696 bits per heavy atom. The van der Waals surface area contributed by atoms with Crippen LogP contribution in [0.1, 0.15) is 23.1 Å². The summed E-state index contributed by atoms with van der Waals surface area (Å²) in [6, 6.07) is 31.7. The van der Waals surface area contributed by atoms with Crippen LogP contribution in [0.25, 0.3) is 0 Å². The van der Waals surface area contributed by atoms with Gasteiger partial charge >= 0.3 is 0 Å². The zero-order valence-corrected chi connectivity index (χ0v) is 14.7. The number of aryl methyl sites for hydroxylation is 1. The first-order valence-electron chi connectivity index (χ1n) is 8.18. The van der Waals surface area contributed by atoms with E-state index in [9.17, 15) is 0 Å². The molecule has 0 radical (unpaired) electrons. The molecule has 1 atom stereocenters. The largest absolute Gasteiger partial charge is 0.549 e. The predicted octanol–water partition coefficient (Wildman–Crippen LogP) is 4.52. The first kappa shape index (κ1) is 15.6. The van der Waals surface area contributed by atoms with E-state index in [0.717, 1.165) is 18.6 Å². The Morgan fingerprint density at radius 2 is 1.26 bits per heavy atom. The summed E-state index contributed by atoms with van der Waals surface area (Å²) >= 11 is 0. The Kier molecular flexibility index (Phi) is 5.65. The number of para-hydroxylation sites is 1. The third-order valence-electron chi connectivity index (χ3n) is 4.09. The van der Waals surface area contributed by atoms with Crippen LogP contribution >= 0.6 is 0 Å². The lowest BCUT2D eigenvalue weighted by atomic mass is 10.0. The van der Waals surface area contributed by atoms with Crippen LogP contribution < -0.4 is 4.43 Å². The van der Waals surface area contributed by atoms with E-state index in [-0.39, 0.29) is 0 Å². The van der Waals surface area contributed by atoms with Gasteiger partial charge in [0.15, 0.2) is 0 Å². The molecular formula is C21H22OSi. The molecule has 0 aliphatic heterocycles. The molecule has 3 aromatic rings. The third-order valence-corrected chi connectivity index (χ3v) is 5.87. The topological polar surface area (TPSA) is 9.23 Å². The Bertz CT molecular complexity index is 639. The van der Waals surface area contributed by atoms with Crippen molar-refractivity contribution in [2.45, 2.75) is 18.4 Å². The number of hydrogen-bond donors (Lipinski definition) is 0. The summed E-state index contributed by atoms with van der Waals surface area (Å²) in [5.41, 5.74) is 3.35. The average Bonchev–Trinajstić information content (AvgIpc) is 2.64. The zero-order chi connectivity index (χ0) is 15.7. The summed E-state index contributed by atoms with van der Waals surface area (Å²) in [4.78, 5) is 0. The minimum absolute atomic E-state index is 0.539. The van der Waals surface area contributed by atoms with E-state index in [1.54, 1.807) is 0 Å². The van der Waals surface area contributed by atoms with Gasteiger partial charge in [0.2, 0.25) is 9.76 Å². The number of rotatable bonds is 7. The molecule has 0 aromatic heterocycles. The molecule has 0 bridgehead atoms. The quantitative estimate of drug-likeness (QED) is 0.582. The van der Waals surface area contributed by atoms with Gasteiger partial charge in [0.05, 0.1) is 0 Å². The third kappa shape index (κ3) is 4.83. The SMILES string of the molecule is c1ccc(CCC([SiH2]Oc2ccccc2)c2ccccc2)cc1. The molecule has 0 N–H and O–H groups in total. The van der Waals surface area contributed by atoms with Crippen LogP contribution in [0.15, 0.2) is 91.0 Å². The molecule has 3 aromatic carbocycles. The van der Waals surface area contributed by atoms with E-state index in [0.29, 0.717) is 5.54 Å². The second kappa shape index (κ2) is 8.35. The lowest BCUT2D eigenvalue weighted by Gasteiger charge is -2.18. The van der Waals surface area contributed by atoms with Gasteiger partial charge in [-0.15, -0.1) is 0 Å². The van der Waals surface area contributed by atoms with Gasteiger partial charge in [-0.05, 0) is 36.1 Å². The zero-order valence-electron chi connectivity index (χ0n) is 13.3. The van der Waals surface area contributed by atoms with Gasteiger partial charge in [-0.2, -0.15) is 0 Å². The molecule has 2 heteroatoms. The smallest absolute Gasteiger partial charge is 0.226 e. The maximum Gasteiger partial charge on any atom is 0.226 e. The molecular weight excluding hydrogens is 296 g/mol. The molecule has 0 heterocycles. The number of hydrogen-bond acceptors (Lipinski definition) is 1. The lowest BCUT2D eigenvalue weighted by Crippen LogP contribution is -2.15. The molecule has 0 fully saturated rings. The highest BCUT2D eigenvalue weighted by Gasteiger charge is 2.14. The highest BCUT2D eigenvalue weighted by atomic mass is 28.2. The molecule has 116 valence electrons. The van der Waals surface area contributed by atoms with Crippen molar-refractivity contribution >= 4 is 9.76 Å². The van der Waals surface area contributed by atoms with Gasteiger partial charge in [-0.1, -0.05) is 78.9 Å². The van der Waals surface area contributed by atoms with E-state index in [1.165, 1.54) is 11.1 Å². The molecule has 23 heavy (non-hydrogen) atoms. The number of benzene rings is 3. The van der Waals surface area contributed by atoms with E-state index in [4.69, 9.17) is 4.43 Å². The van der Waals surface area contributed by atoms with Crippen LogP contribution in [-0.2, 0) is 6.42 Å². The van der Waals surface area contributed by atoms with Crippen molar-refractivity contribution in [2.24, 2.45) is 0 Å². The average molecular weight is 318 g/mol. The van der Waals surface area contributed by atoms with Crippen LogP contribution in [0.3, 0.4) is 0 Å². The molecule has 0 saturated carbocycles. The minimum atomic E-state index is -0.687. The molecule has 0 aliphatic rings. The van der Waals surface area contributed by atoms with Crippen molar-refractivity contribution in [3.63, 3.8) is 0 Å². The van der Waals surface area contributed by atoms with Gasteiger partial charge in [0.25, 0.3) is 0 Å². The molecule has 0 aliphatic carbocycles. The normalized spacial score (nSPS) is 12.3. The second-order valence-corrected chi connectivity index (χ2v) is 7.36. The van der Waals surface area contributed by atoms with Gasteiger partial charge < -0.3 is 4.43 Å². The van der Waals surface area contributed by atoms with Gasteiger partial charge in [-0.3, -0.25) is 0 Å². The summed E-state index contributed by atoms with van der Waals surface area (Å²) in [7, 11) is -0.687. The minimum Gasteiger partial charge on any atom is -0.549 e. The van der Waals surface area contributed by atoms with Crippen molar-refractivity contribution in [3.05, 3.63) is 102 Å². The highest BCUT2D eigenvalue weighted by molar-refractivity contribution is 6.31. The Balaban J connectivity index is 1.66. The van der Waals surface area contributed by atoms with E-state index < -0.39 is 9.76 Å². The van der Waals surface area contributed by atoms with Gasteiger partial charge in [-0.25, -0.2) is 0 Å². The predicted molar refractivity (Wildman–Crippen MR) is 99.6 cm³/mol. The van der Waals surface area contributed by atoms with Crippen molar-refractivity contribution in [1.82, 2.24) is 0 Å². The van der Waals surface area contributed by atoms with E-state index in [2.05, 4.69) is 60.7 Å². The van der Waals surface area contributed by atoms with E-state index >= 15 is 0 Å². The maximum atomic E-state index is 6.15. The van der Waals surface area contributed by atoms with Crippen LogP contribution in [0.4, 0.5) is 0 Å².